The highest BCUT2D eigenvalue weighted by Crippen LogP contribution is 2.34. The Morgan fingerprint density at radius 1 is 1.21 bits per heavy atom. The molecule has 0 aromatic heterocycles. The van der Waals surface area contributed by atoms with Gasteiger partial charge in [-0.05, 0) is 67.4 Å². The summed E-state index contributed by atoms with van der Waals surface area (Å²) in [5.74, 6) is 0.372. The van der Waals surface area contributed by atoms with Crippen LogP contribution >= 0.6 is 0 Å². The summed E-state index contributed by atoms with van der Waals surface area (Å²) in [5, 5.41) is 7.83. The molecule has 1 heterocycles. The molecular weight excluding hydrogens is 416 g/mol. The molecule has 2 atom stereocenters. The van der Waals surface area contributed by atoms with Gasteiger partial charge in [-0.1, -0.05) is 30.3 Å². The number of amides is 2. The van der Waals surface area contributed by atoms with Crippen LogP contribution in [0.15, 0.2) is 54.6 Å². The average molecular weight is 447 g/mol. The van der Waals surface area contributed by atoms with Crippen LogP contribution in [0.4, 0.5) is 11.4 Å². The SMILES string of the molecule is CN[C@@H](C)C(=O)N[C@H]1CCc2ccccc2N(Cc2c(OC)ccc3cc(N)ccc23)C1=O. The molecule has 3 aromatic carbocycles. The first-order valence-electron chi connectivity index (χ1n) is 11.1. The van der Waals surface area contributed by atoms with Gasteiger partial charge in [0.05, 0.1) is 19.7 Å². The fourth-order valence-corrected chi connectivity index (χ4v) is 4.35. The van der Waals surface area contributed by atoms with Crippen LogP contribution in [0, 0.1) is 0 Å². The van der Waals surface area contributed by atoms with Gasteiger partial charge < -0.3 is 26.0 Å². The first-order valence-corrected chi connectivity index (χ1v) is 11.1. The Kier molecular flexibility index (Phi) is 6.51. The number of likely N-dealkylation sites (N-methyl/N-ethyl adjacent to an activating group) is 1. The van der Waals surface area contributed by atoms with Crippen molar-refractivity contribution in [2.75, 3.05) is 24.8 Å². The molecule has 0 radical (unpaired) electrons. The van der Waals surface area contributed by atoms with Crippen LogP contribution in [0.5, 0.6) is 5.75 Å². The molecular formula is C26H30N4O3. The summed E-state index contributed by atoms with van der Waals surface area (Å²) in [6, 6.07) is 16.5. The zero-order valence-electron chi connectivity index (χ0n) is 19.2. The van der Waals surface area contributed by atoms with E-state index in [2.05, 4.69) is 10.6 Å². The van der Waals surface area contributed by atoms with Gasteiger partial charge in [-0.2, -0.15) is 0 Å². The van der Waals surface area contributed by atoms with Gasteiger partial charge in [0.15, 0.2) is 0 Å². The Balaban J connectivity index is 1.77. The number of nitrogens with two attached hydrogens (primary N) is 1. The van der Waals surface area contributed by atoms with E-state index in [0.717, 1.165) is 27.6 Å². The molecule has 7 nitrogen and oxygen atoms in total. The van der Waals surface area contributed by atoms with Gasteiger partial charge in [0.1, 0.15) is 11.8 Å². The number of benzene rings is 3. The Labute approximate surface area is 193 Å². The fraction of sp³-hybridized carbons (Fsp3) is 0.308. The van der Waals surface area contributed by atoms with Crippen molar-refractivity contribution in [3.63, 3.8) is 0 Å². The lowest BCUT2D eigenvalue weighted by Crippen LogP contribution is -2.52. The number of hydrogen-bond donors (Lipinski definition) is 3. The summed E-state index contributed by atoms with van der Waals surface area (Å²) in [7, 11) is 3.35. The number of anilines is 2. The van der Waals surface area contributed by atoms with Crippen molar-refractivity contribution in [1.29, 1.82) is 0 Å². The topological polar surface area (TPSA) is 96.7 Å². The number of nitrogens with one attached hydrogen (secondary N) is 2. The smallest absolute Gasteiger partial charge is 0.249 e. The van der Waals surface area contributed by atoms with Gasteiger partial charge in [0.2, 0.25) is 11.8 Å². The van der Waals surface area contributed by atoms with Crippen LogP contribution in [0.3, 0.4) is 0 Å². The molecule has 0 saturated carbocycles. The van der Waals surface area contributed by atoms with Gasteiger partial charge in [-0.15, -0.1) is 0 Å². The second-order valence-electron chi connectivity index (χ2n) is 8.39. The Hall–Kier alpha value is -3.58. The van der Waals surface area contributed by atoms with Crippen molar-refractivity contribution in [1.82, 2.24) is 10.6 Å². The van der Waals surface area contributed by atoms with Crippen molar-refractivity contribution in [3.8, 4) is 5.75 Å². The highest BCUT2D eigenvalue weighted by atomic mass is 16.5. The molecule has 0 unspecified atom stereocenters. The number of hydrogen-bond acceptors (Lipinski definition) is 5. The number of methoxy groups -OCH3 is 1. The van der Waals surface area contributed by atoms with Crippen LogP contribution in [0.25, 0.3) is 10.8 Å². The number of fused-ring (bicyclic) bond motifs is 2. The van der Waals surface area contributed by atoms with E-state index in [1.54, 1.807) is 26.0 Å². The van der Waals surface area contributed by atoms with E-state index in [9.17, 15) is 9.59 Å². The minimum absolute atomic E-state index is 0.133. The molecule has 0 fully saturated rings. The molecule has 4 N–H and O–H groups in total. The summed E-state index contributed by atoms with van der Waals surface area (Å²) in [4.78, 5) is 28.1. The summed E-state index contributed by atoms with van der Waals surface area (Å²) in [6.07, 6.45) is 1.23. The zero-order chi connectivity index (χ0) is 23.5. The maximum absolute atomic E-state index is 13.8. The van der Waals surface area contributed by atoms with E-state index in [1.807, 2.05) is 54.6 Å². The van der Waals surface area contributed by atoms with E-state index in [0.29, 0.717) is 30.8 Å². The number of rotatable bonds is 6. The number of para-hydroxylation sites is 1. The molecule has 0 saturated heterocycles. The molecule has 33 heavy (non-hydrogen) atoms. The minimum atomic E-state index is -0.614. The van der Waals surface area contributed by atoms with E-state index < -0.39 is 6.04 Å². The maximum Gasteiger partial charge on any atom is 0.249 e. The number of nitrogens with zero attached hydrogens (tertiary/aromatic N) is 1. The average Bonchev–Trinajstić information content (AvgIpc) is 2.95. The van der Waals surface area contributed by atoms with Crippen molar-refractivity contribution in [2.24, 2.45) is 0 Å². The van der Waals surface area contributed by atoms with Crippen LogP contribution in [0.1, 0.15) is 24.5 Å². The second kappa shape index (κ2) is 9.50. The Bertz CT molecular complexity index is 1190. The lowest BCUT2D eigenvalue weighted by atomic mass is 10.0. The zero-order valence-corrected chi connectivity index (χ0v) is 19.2. The Morgan fingerprint density at radius 2 is 2.00 bits per heavy atom. The monoisotopic (exact) mass is 446 g/mol. The largest absolute Gasteiger partial charge is 0.496 e. The van der Waals surface area contributed by atoms with Gasteiger partial charge in [-0.25, -0.2) is 0 Å². The van der Waals surface area contributed by atoms with Gasteiger partial charge in [0.25, 0.3) is 0 Å². The summed E-state index contributed by atoms with van der Waals surface area (Å²) in [5.41, 5.74) is 9.50. The summed E-state index contributed by atoms with van der Waals surface area (Å²) < 4.78 is 5.67. The first-order chi connectivity index (χ1) is 15.9. The third-order valence-electron chi connectivity index (χ3n) is 6.34. The number of aryl methyl sites for hydroxylation is 1. The van der Waals surface area contributed by atoms with Crippen LogP contribution < -0.4 is 26.0 Å². The minimum Gasteiger partial charge on any atom is -0.496 e. The summed E-state index contributed by atoms with van der Waals surface area (Å²) >= 11 is 0. The van der Waals surface area contributed by atoms with Gasteiger partial charge in [0, 0.05) is 16.9 Å². The highest BCUT2D eigenvalue weighted by Gasteiger charge is 2.32. The highest BCUT2D eigenvalue weighted by molar-refractivity contribution is 6.01. The van der Waals surface area contributed by atoms with Crippen molar-refractivity contribution >= 4 is 34.0 Å². The third-order valence-corrected chi connectivity index (χ3v) is 6.34. The molecule has 172 valence electrons. The lowest BCUT2D eigenvalue weighted by molar-refractivity contribution is -0.128. The number of nitrogen functional groups attached to an aromatic ring is 1. The normalized spacial score (nSPS) is 16.8. The molecule has 1 aliphatic rings. The fourth-order valence-electron chi connectivity index (χ4n) is 4.35. The molecule has 0 aliphatic carbocycles. The predicted octanol–water partition coefficient (Wildman–Crippen LogP) is 3.00. The first kappa shape index (κ1) is 22.6. The molecule has 4 rings (SSSR count). The van der Waals surface area contributed by atoms with Gasteiger partial charge in [-0.3, -0.25) is 9.59 Å². The number of carbonyl (C=O) groups excluding carboxylic acids is 2. The van der Waals surface area contributed by atoms with E-state index >= 15 is 0 Å². The number of ether oxygens (including phenoxy) is 1. The summed E-state index contributed by atoms with van der Waals surface area (Å²) in [6.45, 7) is 2.09. The maximum atomic E-state index is 13.8. The van der Waals surface area contributed by atoms with Crippen molar-refractivity contribution in [2.45, 2.75) is 38.4 Å². The van der Waals surface area contributed by atoms with E-state index in [-0.39, 0.29) is 17.9 Å². The quantitative estimate of drug-likeness (QED) is 0.506. The van der Waals surface area contributed by atoms with Crippen LogP contribution in [0.2, 0.25) is 0 Å². The van der Waals surface area contributed by atoms with Crippen molar-refractivity contribution < 1.29 is 14.3 Å². The lowest BCUT2D eigenvalue weighted by Gasteiger charge is -2.28. The van der Waals surface area contributed by atoms with E-state index in [1.165, 1.54) is 0 Å². The molecule has 3 aromatic rings. The standard InChI is InChI=1S/C26H30N4O3/c1-16(28-2)25(31)29-22-12-8-17-6-4-5-7-23(17)30(26(22)32)15-21-20-11-10-19(27)14-18(20)9-13-24(21)33-3/h4-7,9-11,13-14,16,22,28H,8,12,15,27H2,1-3H3,(H,29,31)/t16-,22-/m0/s1. The van der Waals surface area contributed by atoms with Crippen molar-refractivity contribution in [3.05, 3.63) is 65.7 Å². The molecule has 0 bridgehead atoms. The molecule has 0 spiro atoms. The van der Waals surface area contributed by atoms with Gasteiger partial charge >= 0.3 is 0 Å². The predicted molar refractivity (Wildman–Crippen MR) is 131 cm³/mol. The van der Waals surface area contributed by atoms with E-state index in [4.69, 9.17) is 10.5 Å². The molecule has 1 aliphatic heterocycles. The molecule has 2 amide bonds. The van der Waals surface area contributed by atoms with Crippen LogP contribution in [-0.4, -0.2) is 38.1 Å². The third kappa shape index (κ3) is 4.50. The molecule has 7 heteroatoms. The number of carbonyl (C=O) groups is 2. The second-order valence-corrected chi connectivity index (χ2v) is 8.39. The van der Waals surface area contributed by atoms with Crippen LogP contribution in [-0.2, 0) is 22.6 Å². The Morgan fingerprint density at radius 3 is 2.76 bits per heavy atom.